The number of amides is 2. The van der Waals surface area contributed by atoms with Crippen molar-refractivity contribution in [3.63, 3.8) is 0 Å². The van der Waals surface area contributed by atoms with E-state index in [2.05, 4.69) is 5.32 Å². The van der Waals surface area contributed by atoms with Crippen LogP contribution in [0.2, 0.25) is 0 Å². The second-order valence-electron chi connectivity index (χ2n) is 5.01. The van der Waals surface area contributed by atoms with Gasteiger partial charge >= 0.3 is 12.0 Å². The van der Waals surface area contributed by atoms with Crippen LogP contribution >= 0.6 is 0 Å². The van der Waals surface area contributed by atoms with Crippen LogP contribution in [-0.4, -0.2) is 35.1 Å². The predicted molar refractivity (Wildman–Crippen MR) is 67.2 cm³/mol. The van der Waals surface area contributed by atoms with Crippen molar-refractivity contribution in [2.75, 3.05) is 18.4 Å². The first-order valence-electron chi connectivity index (χ1n) is 6.23. The normalized spacial score (nSPS) is 21.4. The summed E-state index contributed by atoms with van der Waals surface area (Å²) in [4.78, 5) is 24.1. The van der Waals surface area contributed by atoms with Gasteiger partial charge in [0.25, 0.3) is 0 Å². The molecule has 114 valence electrons. The third kappa shape index (κ3) is 3.09. The summed E-state index contributed by atoms with van der Waals surface area (Å²) in [5, 5.41) is 11.2. The molecule has 1 heterocycles. The number of halogens is 3. The van der Waals surface area contributed by atoms with Gasteiger partial charge in [0.15, 0.2) is 17.5 Å². The van der Waals surface area contributed by atoms with E-state index < -0.39 is 35.4 Å². The first-order valence-corrected chi connectivity index (χ1v) is 6.23. The Morgan fingerprint density at radius 2 is 1.81 bits per heavy atom. The first kappa shape index (κ1) is 15.1. The van der Waals surface area contributed by atoms with E-state index in [1.54, 1.807) is 6.92 Å². The fourth-order valence-electron chi connectivity index (χ4n) is 2.28. The zero-order valence-corrected chi connectivity index (χ0v) is 11.1. The van der Waals surface area contributed by atoms with E-state index in [1.165, 1.54) is 4.90 Å². The van der Waals surface area contributed by atoms with Crippen LogP contribution in [-0.2, 0) is 4.79 Å². The molecule has 21 heavy (non-hydrogen) atoms. The summed E-state index contributed by atoms with van der Waals surface area (Å²) < 4.78 is 38.9. The number of anilines is 1. The Morgan fingerprint density at radius 3 is 2.29 bits per heavy atom. The first-order chi connectivity index (χ1) is 9.79. The quantitative estimate of drug-likeness (QED) is 0.824. The van der Waals surface area contributed by atoms with Crippen LogP contribution in [0.15, 0.2) is 12.1 Å². The summed E-state index contributed by atoms with van der Waals surface area (Å²) in [7, 11) is 0. The molecule has 2 unspecified atom stereocenters. The highest BCUT2D eigenvalue weighted by Gasteiger charge is 2.37. The highest BCUT2D eigenvalue weighted by atomic mass is 19.2. The summed E-state index contributed by atoms with van der Waals surface area (Å²) in [6, 6.07) is 0.630. The summed E-state index contributed by atoms with van der Waals surface area (Å²) >= 11 is 0. The number of nitrogens with zero attached hydrogens (tertiary/aromatic N) is 1. The van der Waals surface area contributed by atoms with Gasteiger partial charge in [0.1, 0.15) is 0 Å². The van der Waals surface area contributed by atoms with E-state index in [-0.39, 0.29) is 24.7 Å². The summed E-state index contributed by atoms with van der Waals surface area (Å²) in [5.41, 5.74) is -0.233. The Hall–Kier alpha value is -2.25. The lowest BCUT2D eigenvalue weighted by Crippen LogP contribution is -2.33. The van der Waals surface area contributed by atoms with Gasteiger partial charge in [-0.3, -0.25) is 4.79 Å². The zero-order chi connectivity index (χ0) is 15.7. The third-order valence-corrected chi connectivity index (χ3v) is 3.45. The molecule has 8 heteroatoms. The van der Waals surface area contributed by atoms with E-state index in [9.17, 15) is 22.8 Å². The number of nitrogens with one attached hydrogen (secondary N) is 1. The van der Waals surface area contributed by atoms with Crippen molar-refractivity contribution in [1.82, 2.24) is 4.90 Å². The number of likely N-dealkylation sites (tertiary alicyclic amines) is 1. The van der Waals surface area contributed by atoms with Crippen molar-refractivity contribution in [3.8, 4) is 0 Å². The largest absolute Gasteiger partial charge is 0.481 e. The molecule has 0 spiro atoms. The lowest BCUT2D eigenvalue weighted by Gasteiger charge is -2.17. The van der Waals surface area contributed by atoms with Crippen LogP contribution < -0.4 is 5.32 Å². The van der Waals surface area contributed by atoms with Crippen LogP contribution in [0.4, 0.5) is 23.7 Å². The molecule has 1 fully saturated rings. The molecule has 2 rings (SSSR count). The average molecular weight is 302 g/mol. The van der Waals surface area contributed by atoms with E-state index in [0.29, 0.717) is 12.1 Å². The smallest absolute Gasteiger partial charge is 0.321 e. The molecule has 1 saturated heterocycles. The molecule has 0 radical (unpaired) electrons. The minimum absolute atomic E-state index is 0.00842. The molecule has 0 saturated carbocycles. The molecular weight excluding hydrogens is 289 g/mol. The number of carboxylic acids is 1. The molecule has 2 amide bonds. The average Bonchev–Trinajstić information content (AvgIpc) is 2.78. The van der Waals surface area contributed by atoms with Crippen molar-refractivity contribution < 1.29 is 27.9 Å². The van der Waals surface area contributed by atoms with Crippen molar-refractivity contribution in [1.29, 1.82) is 0 Å². The molecule has 0 bridgehead atoms. The Balaban J connectivity index is 2.08. The maximum Gasteiger partial charge on any atom is 0.321 e. The number of carbonyl (C=O) groups excluding carboxylic acids is 1. The van der Waals surface area contributed by atoms with E-state index >= 15 is 0 Å². The monoisotopic (exact) mass is 302 g/mol. The van der Waals surface area contributed by atoms with E-state index in [1.807, 2.05) is 0 Å². The number of hydrogen-bond acceptors (Lipinski definition) is 2. The maximum absolute atomic E-state index is 13.0. The minimum Gasteiger partial charge on any atom is -0.481 e. The standard InChI is InChI=1S/C13H13F3N2O3/c1-6-4-18(5-8(6)12(19)20)13(21)17-7-2-9(14)11(16)10(15)3-7/h2-3,6,8H,4-5H2,1H3,(H,17,21)(H,19,20). The van der Waals surface area contributed by atoms with Crippen molar-refractivity contribution in [2.24, 2.45) is 11.8 Å². The van der Waals surface area contributed by atoms with Gasteiger partial charge in [-0.25, -0.2) is 18.0 Å². The van der Waals surface area contributed by atoms with Crippen molar-refractivity contribution in [2.45, 2.75) is 6.92 Å². The summed E-state index contributed by atoms with van der Waals surface area (Å²) in [6.45, 7) is 1.92. The number of hydrogen-bond donors (Lipinski definition) is 2. The Kier molecular flexibility index (Phi) is 4.06. The fourth-order valence-corrected chi connectivity index (χ4v) is 2.28. The second-order valence-corrected chi connectivity index (χ2v) is 5.01. The molecule has 0 aliphatic carbocycles. The molecule has 5 nitrogen and oxygen atoms in total. The molecular formula is C13H13F3N2O3. The van der Waals surface area contributed by atoms with Gasteiger partial charge in [-0.15, -0.1) is 0 Å². The number of aliphatic carboxylic acids is 1. The Morgan fingerprint density at radius 1 is 1.24 bits per heavy atom. The zero-order valence-electron chi connectivity index (χ0n) is 11.1. The van der Waals surface area contributed by atoms with E-state index in [0.717, 1.165) is 0 Å². The molecule has 2 N–H and O–H groups in total. The Bertz CT molecular complexity index is 571. The minimum atomic E-state index is -1.62. The molecule has 0 aromatic heterocycles. The highest BCUT2D eigenvalue weighted by molar-refractivity contribution is 5.90. The molecule has 1 aromatic carbocycles. The van der Waals surface area contributed by atoms with Gasteiger partial charge in [0, 0.05) is 30.9 Å². The van der Waals surface area contributed by atoms with Crippen molar-refractivity contribution in [3.05, 3.63) is 29.6 Å². The lowest BCUT2D eigenvalue weighted by molar-refractivity contribution is -0.142. The van der Waals surface area contributed by atoms with Gasteiger partial charge in [-0.05, 0) is 5.92 Å². The van der Waals surface area contributed by atoms with Crippen LogP contribution in [0.25, 0.3) is 0 Å². The fraction of sp³-hybridized carbons (Fsp3) is 0.385. The Labute approximate surface area is 118 Å². The summed E-state index contributed by atoms with van der Waals surface area (Å²) in [6.07, 6.45) is 0. The molecule has 1 aromatic rings. The second kappa shape index (κ2) is 5.63. The molecule has 1 aliphatic rings. The van der Waals surface area contributed by atoms with Crippen LogP contribution in [0.5, 0.6) is 0 Å². The van der Waals surface area contributed by atoms with Crippen LogP contribution in [0.1, 0.15) is 6.92 Å². The number of carboxylic acid groups (broad SMARTS) is 1. The molecule has 2 atom stereocenters. The van der Waals surface area contributed by atoms with Gasteiger partial charge in [-0.1, -0.05) is 6.92 Å². The highest BCUT2D eigenvalue weighted by Crippen LogP contribution is 2.24. The predicted octanol–water partition coefficient (Wildman–Crippen LogP) is 2.29. The van der Waals surface area contributed by atoms with Gasteiger partial charge in [0.05, 0.1) is 5.92 Å². The van der Waals surface area contributed by atoms with E-state index in [4.69, 9.17) is 5.11 Å². The number of carbonyl (C=O) groups is 2. The van der Waals surface area contributed by atoms with Crippen molar-refractivity contribution >= 4 is 17.7 Å². The third-order valence-electron chi connectivity index (χ3n) is 3.45. The molecule has 1 aliphatic heterocycles. The number of rotatable bonds is 2. The summed E-state index contributed by atoms with van der Waals surface area (Å²) in [5.74, 6) is -6.36. The SMILES string of the molecule is CC1CN(C(=O)Nc2cc(F)c(F)c(F)c2)CC1C(=O)O. The number of urea groups is 1. The lowest BCUT2D eigenvalue weighted by atomic mass is 9.99. The van der Waals surface area contributed by atoms with Crippen LogP contribution in [0.3, 0.4) is 0 Å². The van der Waals surface area contributed by atoms with Crippen LogP contribution in [0, 0.1) is 29.3 Å². The van der Waals surface area contributed by atoms with Gasteiger partial charge in [0.2, 0.25) is 0 Å². The maximum atomic E-state index is 13.0. The van der Waals surface area contributed by atoms with Gasteiger partial charge in [-0.2, -0.15) is 0 Å². The topological polar surface area (TPSA) is 69.6 Å². The number of benzene rings is 1. The van der Waals surface area contributed by atoms with Gasteiger partial charge < -0.3 is 15.3 Å².